The van der Waals surface area contributed by atoms with Crippen LogP contribution in [0.1, 0.15) is 41.0 Å². The van der Waals surface area contributed by atoms with Gasteiger partial charge >= 0.3 is 0 Å². The van der Waals surface area contributed by atoms with Crippen molar-refractivity contribution >= 4 is 0 Å². The highest BCUT2D eigenvalue weighted by Gasteiger charge is 2.41. The molecule has 0 aliphatic carbocycles. The first-order valence-electron chi connectivity index (χ1n) is 9.07. The van der Waals surface area contributed by atoms with Gasteiger partial charge in [-0.25, -0.2) is 0 Å². The first kappa shape index (κ1) is 16.6. The zero-order chi connectivity index (χ0) is 17.4. The average Bonchev–Trinajstić information content (AvgIpc) is 2.95. The number of likely N-dealkylation sites (tertiary alicyclic amines) is 1. The largest absolute Gasteiger partial charge is 0.497 e. The lowest BCUT2D eigenvalue weighted by molar-refractivity contribution is -0.0989. The Bertz CT molecular complexity index is 741. The van der Waals surface area contributed by atoms with Crippen LogP contribution in [0.4, 0.5) is 0 Å². The molecule has 5 heteroatoms. The molecule has 25 heavy (non-hydrogen) atoms. The maximum absolute atomic E-state index is 6.34. The van der Waals surface area contributed by atoms with Gasteiger partial charge in [0.05, 0.1) is 25.0 Å². The molecule has 1 aromatic carbocycles. The zero-order valence-corrected chi connectivity index (χ0v) is 15.3. The second kappa shape index (κ2) is 6.46. The minimum Gasteiger partial charge on any atom is -0.497 e. The van der Waals surface area contributed by atoms with E-state index in [0.29, 0.717) is 0 Å². The van der Waals surface area contributed by atoms with Gasteiger partial charge in [0, 0.05) is 25.2 Å². The van der Waals surface area contributed by atoms with Crippen molar-refractivity contribution in [3.63, 3.8) is 0 Å². The smallest absolute Gasteiger partial charge is 0.138 e. The van der Waals surface area contributed by atoms with Crippen LogP contribution in [-0.4, -0.2) is 36.9 Å². The molecule has 1 aromatic heterocycles. The van der Waals surface area contributed by atoms with Gasteiger partial charge in [0.15, 0.2) is 0 Å². The van der Waals surface area contributed by atoms with Crippen LogP contribution in [0, 0.1) is 13.8 Å². The molecule has 0 bridgehead atoms. The molecule has 1 saturated heterocycles. The Morgan fingerprint density at radius 3 is 2.72 bits per heavy atom. The third-order valence-corrected chi connectivity index (χ3v) is 5.78. The van der Waals surface area contributed by atoms with Crippen molar-refractivity contribution in [3.05, 3.63) is 46.3 Å². The topological polar surface area (TPSA) is 47.7 Å². The van der Waals surface area contributed by atoms with E-state index in [0.717, 1.165) is 62.7 Å². The van der Waals surface area contributed by atoms with Crippen molar-refractivity contribution in [2.75, 3.05) is 26.8 Å². The van der Waals surface area contributed by atoms with Gasteiger partial charge < -0.3 is 14.0 Å². The van der Waals surface area contributed by atoms with Crippen molar-refractivity contribution in [2.45, 2.75) is 45.3 Å². The molecule has 0 unspecified atom stereocenters. The normalized spacial score (nSPS) is 19.8. The van der Waals surface area contributed by atoms with E-state index >= 15 is 0 Å². The molecule has 1 spiro atoms. The van der Waals surface area contributed by atoms with Crippen LogP contribution in [0.15, 0.2) is 22.7 Å². The fourth-order valence-corrected chi connectivity index (χ4v) is 4.22. The van der Waals surface area contributed by atoms with E-state index in [1.807, 2.05) is 13.8 Å². The van der Waals surface area contributed by atoms with Gasteiger partial charge in [0.1, 0.15) is 11.5 Å². The summed E-state index contributed by atoms with van der Waals surface area (Å²) >= 11 is 0. The van der Waals surface area contributed by atoms with Crippen LogP contribution in [0.2, 0.25) is 0 Å². The maximum Gasteiger partial charge on any atom is 0.138 e. The first-order valence-corrected chi connectivity index (χ1v) is 9.07. The number of rotatable bonds is 3. The number of benzene rings is 1. The number of piperidine rings is 1. The van der Waals surface area contributed by atoms with Gasteiger partial charge in [-0.2, -0.15) is 0 Å². The van der Waals surface area contributed by atoms with Crippen LogP contribution >= 0.6 is 0 Å². The predicted molar refractivity (Wildman–Crippen MR) is 94.8 cm³/mol. The van der Waals surface area contributed by atoms with Crippen LogP contribution in [-0.2, 0) is 23.3 Å². The number of methoxy groups -OCH3 is 1. The fraction of sp³-hybridized carbons (Fsp3) is 0.550. The summed E-state index contributed by atoms with van der Waals surface area (Å²) in [5, 5.41) is 4.07. The van der Waals surface area contributed by atoms with E-state index in [-0.39, 0.29) is 5.60 Å². The highest BCUT2D eigenvalue weighted by Crippen LogP contribution is 2.42. The zero-order valence-electron chi connectivity index (χ0n) is 15.3. The minimum absolute atomic E-state index is 0.130. The van der Waals surface area contributed by atoms with E-state index in [2.05, 4.69) is 28.3 Å². The third kappa shape index (κ3) is 2.96. The Kier molecular flexibility index (Phi) is 4.29. The molecular formula is C20H26N2O3. The van der Waals surface area contributed by atoms with E-state index in [4.69, 9.17) is 14.0 Å². The van der Waals surface area contributed by atoms with Crippen LogP contribution in [0.5, 0.6) is 5.75 Å². The molecule has 0 amide bonds. The maximum atomic E-state index is 6.34. The van der Waals surface area contributed by atoms with Crippen molar-refractivity contribution in [3.8, 4) is 5.75 Å². The summed E-state index contributed by atoms with van der Waals surface area (Å²) in [6.07, 6.45) is 3.02. The summed E-state index contributed by atoms with van der Waals surface area (Å²) in [5.74, 6) is 1.87. The molecule has 0 radical (unpaired) electrons. The van der Waals surface area contributed by atoms with Crippen LogP contribution in [0.25, 0.3) is 0 Å². The number of aryl methyl sites for hydroxylation is 2. The molecule has 2 aliphatic rings. The molecule has 2 aromatic rings. The Morgan fingerprint density at radius 1 is 1.24 bits per heavy atom. The molecule has 134 valence electrons. The quantitative estimate of drug-likeness (QED) is 0.856. The highest BCUT2D eigenvalue weighted by atomic mass is 16.5. The Balaban J connectivity index is 1.50. The fourth-order valence-electron chi connectivity index (χ4n) is 4.22. The number of aromatic nitrogens is 1. The van der Waals surface area contributed by atoms with Crippen LogP contribution in [0.3, 0.4) is 0 Å². The van der Waals surface area contributed by atoms with Crippen molar-refractivity contribution in [1.29, 1.82) is 0 Å². The van der Waals surface area contributed by atoms with Gasteiger partial charge in [-0.05, 0) is 56.4 Å². The number of ether oxygens (including phenoxy) is 2. The van der Waals surface area contributed by atoms with Crippen molar-refractivity contribution in [1.82, 2.24) is 10.1 Å². The van der Waals surface area contributed by atoms with Gasteiger partial charge in [-0.15, -0.1) is 0 Å². The average molecular weight is 342 g/mol. The monoisotopic (exact) mass is 342 g/mol. The summed E-state index contributed by atoms with van der Waals surface area (Å²) in [6, 6.07) is 6.44. The predicted octanol–water partition coefficient (Wildman–Crippen LogP) is 3.36. The van der Waals surface area contributed by atoms with Gasteiger partial charge in [-0.1, -0.05) is 11.2 Å². The van der Waals surface area contributed by atoms with E-state index in [9.17, 15) is 0 Å². The van der Waals surface area contributed by atoms with Gasteiger partial charge in [-0.3, -0.25) is 4.90 Å². The van der Waals surface area contributed by atoms with E-state index in [1.54, 1.807) is 7.11 Å². The molecule has 0 N–H and O–H groups in total. The molecular weight excluding hydrogens is 316 g/mol. The lowest BCUT2D eigenvalue weighted by Gasteiger charge is -2.45. The van der Waals surface area contributed by atoms with E-state index in [1.165, 1.54) is 16.7 Å². The molecule has 0 saturated carbocycles. The number of fused-ring (bicyclic) bond motifs is 2. The van der Waals surface area contributed by atoms with Crippen molar-refractivity contribution < 1.29 is 14.0 Å². The van der Waals surface area contributed by atoms with Crippen molar-refractivity contribution in [2.24, 2.45) is 0 Å². The summed E-state index contributed by atoms with van der Waals surface area (Å²) in [5.41, 5.74) is 4.84. The molecule has 3 heterocycles. The number of nitrogens with zero attached hydrogens (tertiary/aromatic N) is 2. The van der Waals surface area contributed by atoms with Gasteiger partial charge in [0.25, 0.3) is 0 Å². The Hall–Kier alpha value is -1.85. The lowest BCUT2D eigenvalue weighted by Crippen LogP contribution is -2.46. The molecule has 1 fully saturated rings. The number of hydrogen-bond acceptors (Lipinski definition) is 5. The summed E-state index contributed by atoms with van der Waals surface area (Å²) in [7, 11) is 1.73. The standard InChI is InChI=1S/C20H26N2O3/c1-14-18(15(2)25-21-14)13-22-9-7-20(8-10-22)19-5-4-17(23-3)12-16(19)6-11-24-20/h4-5,12H,6-11,13H2,1-3H3. The highest BCUT2D eigenvalue weighted by molar-refractivity contribution is 5.41. The lowest BCUT2D eigenvalue weighted by atomic mass is 9.79. The SMILES string of the molecule is COc1ccc2c(c1)CCOC21CCN(Cc2c(C)noc2C)CC1. The summed E-state index contributed by atoms with van der Waals surface area (Å²) < 4.78 is 17.0. The second-order valence-electron chi connectivity index (χ2n) is 7.19. The summed E-state index contributed by atoms with van der Waals surface area (Å²) in [4.78, 5) is 2.49. The molecule has 0 atom stereocenters. The molecule has 2 aliphatic heterocycles. The summed E-state index contributed by atoms with van der Waals surface area (Å²) in [6.45, 7) is 7.77. The van der Waals surface area contributed by atoms with Crippen LogP contribution < -0.4 is 4.74 Å². The molecule has 5 nitrogen and oxygen atoms in total. The molecule has 4 rings (SSSR count). The first-order chi connectivity index (χ1) is 12.1. The Morgan fingerprint density at radius 2 is 2.04 bits per heavy atom. The van der Waals surface area contributed by atoms with E-state index < -0.39 is 0 Å². The second-order valence-corrected chi connectivity index (χ2v) is 7.19. The minimum atomic E-state index is -0.130. The third-order valence-electron chi connectivity index (χ3n) is 5.78. The number of hydrogen-bond donors (Lipinski definition) is 0. The van der Waals surface area contributed by atoms with Gasteiger partial charge in [0.2, 0.25) is 0 Å². The Labute approximate surface area is 148 Å².